The van der Waals surface area contributed by atoms with Crippen LogP contribution in [0.2, 0.25) is 0 Å². The van der Waals surface area contributed by atoms with Gasteiger partial charge in [0.05, 0.1) is 17.4 Å². The summed E-state index contributed by atoms with van der Waals surface area (Å²) >= 11 is 0. The van der Waals surface area contributed by atoms with Crippen molar-refractivity contribution in [3.8, 4) is 0 Å². The van der Waals surface area contributed by atoms with Gasteiger partial charge in [-0.2, -0.15) is 0 Å². The Hall–Kier alpha value is -4.41. The lowest BCUT2D eigenvalue weighted by molar-refractivity contribution is -0.118. The Morgan fingerprint density at radius 2 is 1.95 bits per heavy atom. The zero-order valence-electron chi connectivity index (χ0n) is 22.5. The van der Waals surface area contributed by atoms with Crippen molar-refractivity contribution in [3.63, 3.8) is 0 Å². The molecule has 5 heterocycles. The van der Waals surface area contributed by atoms with Gasteiger partial charge >= 0.3 is 0 Å². The first kappa shape index (κ1) is 24.6. The van der Waals surface area contributed by atoms with Crippen molar-refractivity contribution in [1.82, 2.24) is 29.3 Å². The fraction of sp³-hybridized carbons (Fsp3) is 0.414. The first-order valence-electron chi connectivity index (χ1n) is 13.9. The van der Waals surface area contributed by atoms with Crippen LogP contribution in [0.15, 0.2) is 43.1 Å². The van der Waals surface area contributed by atoms with Crippen LogP contribution in [0.3, 0.4) is 0 Å². The first-order chi connectivity index (χ1) is 19.4. The average Bonchev–Trinajstić information content (AvgIpc) is 3.86. The summed E-state index contributed by atoms with van der Waals surface area (Å²) in [5.41, 5.74) is 4.67. The molecule has 2 saturated carbocycles. The molecule has 3 atom stereocenters. The third-order valence-corrected chi connectivity index (χ3v) is 7.98. The predicted molar refractivity (Wildman–Crippen MR) is 149 cm³/mol. The Labute approximate surface area is 231 Å². The van der Waals surface area contributed by atoms with Gasteiger partial charge in [0.15, 0.2) is 5.65 Å². The maximum atomic E-state index is 12.9. The number of anilines is 3. The van der Waals surface area contributed by atoms with Gasteiger partial charge in [-0.05, 0) is 63.1 Å². The zero-order valence-corrected chi connectivity index (χ0v) is 22.5. The van der Waals surface area contributed by atoms with Crippen molar-refractivity contribution >= 4 is 34.8 Å². The van der Waals surface area contributed by atoms with E-state index in [1.165, 1.54) is 24.7 Å². The number of aromatic nitrogens is 6. The molecule has 2 amide bonds. The molecular formula is C29H31N9O2. The second kappa shape index (κ2) is 9.65. The number of nitrogens with one attached hydrogen (secondary N) is 2. The van der Waals surface area contributed by atoms with Gasteiger partial charge in [0.2, 0.25) is 11.8 Å². The highest BCUT2D eigenvalue weighted by molar-refractivity contribution is 5.98. The molecule has 11 nitrogen and oxygen atoms in total. The van der Waals surface area contributed by atoms with Gasteiger partial charge in [0, 0.05) is 55.2 Å². The molecule has 0 radical (unpaired) electrons. The molecule has 4 aromatic heterocycles. The number of pyridine rings is 1. The van der Waals surface area contributed by atoms with Crippen LogP contribution < -0.4 is 15.5 Å². The van der Waals surface area contributed by atoms with E-state index in [1.54, 1.807) is 12.3 Å². The van der Waals surface area contributed by atoms with E-state index < -0.39 is 0 Å². The van der Waals surface area contributed by atoms with E-state index in [9.17, 15) is 9.59 Å². The minimum Gasteiger partial charge on any atom is -0.362 e. The van der Waals surface area contributed by atoms with E-state index in [4.69, 9.17) is 4.98 Å². The Balaban J connectivity index is 1.07. The number of aryl methyl sites for hydroxylation is 1. The second-order valence-electron chi connectivity index (χ2n) is 11.1. The number of rotatable bonds is 8. The lowest BCUT2D eigenvalue weighted by atomic mass is 10.1. The number of nitrogens with zero attached hydrogens (tertiary/aromatic N) is 7. The number of imidazole rings is 1. The Morgan fingerprint density at radius 3 is 2.73 bits per heavy atom. The van der Waals surface area contributed by atoms with E-state index in [1.807, 2.05) is 31.0 Å². The van der Waals surface area contributed by atoms with Crippen LogP contribution in [-0.2, 0) is 9.59 Å². The second-order valence-corrected chi connectivity index (χ2v) is 11.1. The summed E-state index contributed by atoms with van der Waals surface area (Å²) in [6, 6.07) is 5.56. The van der Waals surface area contributed by atoms with Crippen LogP contribution in [0.1, 0.15) is 79.7 Å². The number of carbonyl (C=O) groups is 2. The molecule has 2 unspecified atom stereocenters. The largest absolute Gasteiger partial charge is 0.362 e. The summed E-state index contributed by atoms with van der Waals surface area (Å²) in [5.74, 6) is 2.23. The summed E-state index contributed by atoms with van der Waals surface area (Å²) in [6.07, 6.45) is 11.9. The van der Waals surface area contributed by atoms with Gasteiger partial charge in [-0.15, -0.1) is 0 Å². The fourth-order valence-corrected chi connectivity index (χ4v) is 5.51. The van der Waals surface area contributed by atoms with E-state index in [2.05, 4.69) is 47.2 Å². The van der Waals surface area contributed by atoms with Crippen molar-refractivity contribution in [2.75, 3.05) is 22.1 Å². The van der Waals surface area contributed by atoms with Crippen molar-refractivity contribution in [1.29, 1.82) is 0 Å². The number of carbonyl (C=O) groups excluding carboxylic acids is 2. The van der Waals surface area contributed by atoms with E-state index in [-0.39, 0.29) is 29.7 Å². The van der Waals surface area contributed by atoms with Crippen molar-refractivity contribution in [3.05, 3.63) is 65.9 Å². The van der Waals surface area contributed by atoms with Crippen LogP contribution in [0.4, 0.5) is 17.3 Å². The molecule has 2 N–H and O–H groups in total. The van der Waals surface area contributed by atoms with Crippen LogP contribution >= 0.6 is 0 Å². The standard InChI is InChI=1S/C29H31N9O2/c1-16-7-8-30-27(33-16)20-11-21(20)29(40)36-25-12-24(31-15-32-25)34-17(2)22-14-37-13-19(18-5-6-18)10-23(28(37)35-22)38-9-3-4-26(38)39/h7-8,10,12-15,17-18,20-21H,3-6,9,11H2,1-2H3,(H2,31,32,34,36,40)/t17-,20?,21?/m1/s1. The molecule has 3 aliphatic rings. The molecule has 4 aromatic rings. The smallest absolute Gasteiger partial charge is 0.229 e. The topological polar surface area (TPSA) is 130 Å². The van der Waals surface area contributed by atoms with Gasteiger partial charge in [0.25, 0.3) is 0 Å². The molecule has 1 saturated heterocycles. The highest BCUT2D eigenvalue weighted by Gasteiger charge is 2.46. The Morgan fingerprint density at radius 1 is 1.10 bits per heavy atom. The maximum Gasteiger partial charge on any atom is 0.229 e. The van der Waals surface area contributed by atoms with Crippen LogP contribution in [-0.4, -0.2) is 47.7 Å². The summed E-state index contributed by atoms with van der Waals surface area (Å²) in [7, 11) is 0. The van der Waals surface area contributed by atoms with Gasteiger partial charge in [0.1, 0.15) is 23.8 Å². The molecule has 0 bridgehead atoms. The van der Waals surface area contributed by atoms with Gasteiger partial charge < -0.3 is 19.9 Å². The van der Waals surface area contributed by atoms with Gasteiger partial charge in [-0.3, -0.25) is 9.59 Å². The number of amides is 2. The number of fused-ring (bicyclic) bond motifs is 1. The molecule has 3 fully saturated rings. The summed E-state index contributed by atoms with van der Waals surface area (Å²) < 4.78 is 2.05. The molecular weight excluding hydrogens is 506 g/mol. The van der Waals surface area contributed by atoms with Crippen LogP contribution in [0.25, 0.3) is 5.65 Å². The molecule has 0 spiro atoms. The quantitative estimate of drug-likeness (QED) is 0.343. The Kier molecular flexibility index (Phi) is 5.94. The highest BCUT2D eigenvalue weighted by Crippen LogP contribution is 2.46. The lowest BCUT2D eigenvalue weighted by Gasteiger charge is -2.18. The number of hydrogen-bond acceptors (Lipinski definition) is 8. The minimum atomic E-state index is -0.170. The molecule has 11 heteroatoms. The normalized spacial score (nSPS) is 21.1. The molecule has 0 aromatic carbocycles. The average molecular weight is 538 g/mol. The zero-order chi connectivity index (χ0) is 27.4. The summed E-state index contributed by atoms with van der Waals surface area (Å²) in [5, 5.41) is 6.30. The van der Waals surface area contributed by atoms with Crippen molar-refractivity contribution in [2.24, 2.45) is 5.92 Å². The van der Waals surface area contributed by atoms with Crippen LogP contribution in [0.5, 0.6) is 0 Å². The van der Waals surface area contributed by atoms with Crippen LogP contribution in [0, 0.1) is 12.8 Å². The third-order valence-electron chi connectivity index (χ3n) is 7.98. The van der Waals surface area contributed by atoms with E-state index >= 15 is 0 Å². The van der Waals surface area contributed by atoms with E-state index in [0.29, 0.717) is 29.8 Å². The molecule has 7 rings (SSSR count). The van der Waals surface area contributed by atoms with Crippen molar-refractivity contribution < 1.29 is 9.59 Å². The molecule has 2 aliphatic carbocycles. The third kappa shape index (κ3) is 4.76. The van der Waals surface area contributed by atoms with Gasteiger partial charge in [-0.1, -0.05) is 0 Å². The summed E-state index contributed by atoms with van der Waals surface area (Å²) in [4.78, 5) is 49.6. The first-order valence-corrected chi connectivity index (χ1v) is 13.9. The maximum absolute atomic E-state index is 12.9. The van der Waals surface area contributed by atoms with Gasteiger partial charge in [-0.25, -0.2) is 24.9 Å². The number of hydrogen-bond donors (Lipinski definition) is 2. The minimum absolute atomic E-state index is 0.0376. The molecule has 40 heavy (non-hydrogen) atoms. The molecule has 1 aliphatic heterocycles. The predicted octanol–water partition coefficient (Wildman–Crippen LogP) is 4.14. The lowest BCUT2D eigenvalue weighted by Crippen LogP contribution is -2.24. The summed E-state index contributed by atoms with van der Waals surface area (Å²) in [6.45, 7) is 4.67. The highest BCUT2D eigenvalue weighted by atomic mass is 16.2. The monoisotopic (exact) mass is 537 g/mol. The Bertz CT molecular complexity index is 1630. The van der Waals surface area contributed by atoms with E-state index in [0.717, 1.165) is 42.1 Å². The SMILES string of the molecule is Cc1ccnc(C2CC2C(=O)Nc2cc(N[C@H](C)c3cn4cc(C5CC5)cc(N5CCCC5=O)c4n3)ncn2)n1. The molecule has 204 valence electrons. The fourth-order valence-electron chi connectivity index (χ4n) is 5.51. The van der Waals surface area contributed by atoms with Crippen molar-refractivity contribution in [2.45, 2.75) is 63.8 Å².